The van der Waals surface area contributed by atoms with Crippen LogP contribution >= 0.6 is 36.6 Å². The molecule has 0 aliphatic carbocycles. The van der Waals surface area contributed by atoms with Gasteiger partial charge in [-0.3, -0.25) is 4.79 Å². The lowest BCUT2D eigenvalue weighted by Gasteiger charge is -2.30. The Morgan fingerprint density at radius 1 is 1.32 bits per heavy atom. The molecule has 2 fully saturated rings. The van der Waals surface area contributed by atoms with Gasteiger partial charge in [0.25, 0.3) is 0 Å². The third-order valence-electron chi connectivity index (χ3n) is 4.28. The fourth-order valence-corrected chi connectivity index (χ4v) is 3.81. The molecule has 2 rings (SSSR count). The predicted octanol–water partition coefficient (Wildman–Crippen LogP) is 2.16. The molecule has 0 radical (unpaired) electrons. The number of amides is 1. The Labute approximate surface area is 151 Å². The second kappa shape index (κ2) is 12.7. The molecular formula is C15H31Cl2N3OS. The molecule has 0 aromatic heterocycles. The molecule has 0 saturated carbocycles. The Morgan fingerprint density at radius 3 is 2.68 bits per heavy atom. The lowest BCUT2D eigenvalue weighted by Crippen LogP contribution is -2.41. The fourth-order valence-electron chi connectivity index (χ4n) is 2.86. The monoisotopic (exact) mass is 371 g/mol. The Balaban J connectivity index is 0.00000220. The van der Waals surface area contributed by atoms with Gasteiger partial charge in [0.1, 0.15) is 0 Å². The van der Waals surface area contributed by atoms with Crippen LogP contribution in [0.4, 0.5) is 0 Å². The van der Waals surface area contributed by atoms with Crippen molar-refractivity contribution < 1.29 is 4.79 Å². The predicted molar refractivity (Wildman–Crippen MR) is 101 cm³/mol. The molecule has 0 bridgehead atoms. The first-order valence-corrected chi connectivity index (χ1v) is 9.19. The van der Waals surface area contributed by atoms with Crippen LogP contribution in [0.25, 0.3) is 0 Å². The third kappa shape index (κ3) is 8.82. The van der Waals surface area contributed by atoms with Crippen LogP contribution in [0.5, 0.6) is 0 Å². The van der Waals surface area contributed by atoms with Crippen molar-refractivity contribution in [3.63, 3.8) is 0 Å². The van der Waals surface area contributed by atoms with Crippen molar-refractivity contribution in [2.75, 3.05) is 44.2 Å². The number of hydrogen-bond acceptors (Lipinski definition) is 4. The maximum Gasteiger partial charge on any atom is 0.221 e. The average Bonchev–Trinajstić information content (AvgIpc) is 2.46. The lowest BCUT2D eigenvalue weighted by atomic mass is 9.99. The number of carbonyl (C=O) groups is 1. The van der Waals surface area contributed by atoms with E-state index < -0.39 is 0 Å². The molecule has 2 aliphatic rings. The molecule has 0 aromatic rings. The van der Waals surface area contributed by atoms with Gasteiger partial charge in [-0.05, 0) is 44.8 Å². The minimum atomic E-state index is 0. The summed E-state index contributed by atoms with van der Waals surface area (Å²) in [5.74, 6) is 3.34. The van der Waals surface area contributed by atoms with E-state index in [1.54, 1.807) is 0 Å². The van der Waals surface area contributed by atoms with Crippen LogP contribution in [0, 0.1) is 5.92 Å². The van der Waals surface area contributed by atoms with Gasteiger partial charge in [0.2, 0.25) is 5.91 Å². The SMILES string of the molecule is CC1CCN(CCCNC(=O)CC2CSCCN2)CC1.Cl.Cl. The van der Waals surface area contributed by atoms with E-state index in [-0.39, 0.29) is 30.7 Å². The van der Waals surface area contributed by atoms with E-state index in [1.165, 1.54) is 31.7 Å². The number of rotatable bonds is 6. The molecule has 1 unspecified atom stereocenters. The van der Waals surface area contributed by atoms with E-state index in [1.807, 2.05) is 11.8 Å². The molecule has 2 saturated heterocycles. The van der Waals surface area contributed by atoms with Gasteiger partial charge in [0.15, 0.2) is 0 Å². The van der Waals surface area contributed by atoms with Gasteiger partial charge in [-0.25, -0.2) is 0 Å². The van der Waals surface area contributed by atoms with Crippen LogP contribution in [0.15, 0.2) is 0 Å². The Morgan fingerprint density at radius 2 is 2.05 bits per heavy atom. The second-order valence-electron chi connectivity index (χ2n) is 6.16. The maximum absolute atomic E-state index is 11.8. The summed E-state index contributed by atoms with van der Waals surface area (Å²) in [5, 5.41) is 6.47. The number of piperidine rings is 1. The molecule has 1 atom stereocenters. The zero-order chi connectivity index (χ0) is 14.2. The van der Waals surface area contributed by atoms with Crippen molar-refractivity contribution in [3.8, 4) is 0 Å². The quantitative estimate of drug-likeness (QED) is 0.702. The summed E-state index contributed by atoms with van der Waals surface area (Å²) in [6, 6.07) is 0.373. The first-order chi connectivity index (χ1) is 9.74. The second-order valence-corrected chi connectivity index (χ2v) is 7.31. The van der Waals surface area contributed by atoms with Gasteiger partial charge in [0, 0.05) is 37.1 Å². The summed E-state index contributed by atoms with van der Waals surface area (Å²) < 4.78 is 0. The molecule has 0 aromatic carbocycles. The van der Waals surface area contributed by atoms with Crippen LogP contribution < -0.4 is 10.6 Å². The molecule has 2 heterocycles. The summed E-state index contributed by atoms with van der Waals surface area (Å²) in [6.45, 7) is 7.80. The van der Waals surface area contributed by atoms with Crippen molar-refractivity contribution in [3.05, 3.63) is 0 Å². The van der Waals surface area contributed by atoms with Crippen LogP contribution in [0.2, 0.25) is 0 Å². The van der Waals surface area contributed by atoms with E-state index in [0.29, 0.717) is 12.5 Å². The van der Waals surface area contributed by atoms with E-state index in [2.05, 4.69) is 22.5 Å². The summed E-state index contributed by atoms with van der Waals surface area (Å²) >= 11 is 1.94. The van der Waals surface area contributed by atoms with Crippen LogP contribution in [0.1, 0.15) is 32.6 Å². The Kier molecular flexibility index (Phi) is 12.9. The zero-order valence-corrected chi connectivity index (χ0v) is 16.0. The Bertz CT molecular complexity index is 297. The first-order valence-electron chi connectivity index (χ1n) is 8.04. The summed E-state index contributed by atoms with van der Waals surface area (Å²) in [5.41, 5.74) is 0. The maximum atomic E-state index is 11.8. The largest absolute Gasteiger partial charge is 0.356 e. The van der Waals surface area contributed by atoms with E-state index in [4.69, 9.17) is 0 Å². The fraction of sp³-hybridized carbons (Fsp3) is 0.933. The van der Waals surface area contributed by atoms with Crippen LogP contribution in [-0.2, 0) is 4.79 Å². The number of halogens is 2. The number of thioether (sulfide) groups is 1. The van der Waals surface area contributed by atoms with Gasteiger partial charge in [-0.2, -0.15) is 11.8 Å². The normalized spacial score (nSPS) is 23.2. The van der Waals surface area contributed by atoms with Crippen molar-refractivity contribution in [2.24, 2.45) is 5.92 Å². The molecular weight excluding hydrogens is 341 g/mol. The molecule has 2 aliphatic heterocycles. The van der Waals surface area contributed by atoms with E-state index >= 15 is 0 Å². The standard InChI is InChI=1S/C15H29N3OS.2ClH/c1-13-3-8-18(9-4-13)7-2-5-17-15(19)11-14-12-20-10-6-16-14;;/h13-14,16H,2-12H2,1H3,(H,17,19);2*1H. The first kappa shape index (κ1) is 22.3. The summed E-state index contributed by atoms with van der Waals surface area (Å²) in [6.07, 6.45) is 4.37. The number of carbonyl (C=O) groups excluding carboxylic acids is 1. The average molecular weight is 372 g/mol. The summed E-state index contributed by atoms with van der Waals surface area (Å²) in [7, 11) is 0. The van der Waals surface area contributed by atoms with Gasteiger partial charge < -0.3 is 15.5 Å². The highest BCUT2D eigenvalue weighted by atomic mass is 35.5. The molecule has 7 heteroatoms. The van der Waals surface area contributed by atoms with Crippen molar-refractivity contribution >= 4 is 42.5 Å². The molecule has 132 valence electrons. The van der Waals surface area contributed by atoms with E-state index in [0.717, 1.165) is 37.7 Å². The van der Waals surface area contributed by atoms with Gasteiger partial charge >= 0.3 is 0 Å². The Hall–Kier alpha value is 0.320. The number of nitrogens with one attached hydrogen (secondary N) is 2. The number of nitrogens with zero attached hydrogens (tertiary/aromatic N) is 1. The van der Waals surface area contributed by atoms with Crippen LogP contribution in [-0.4, -0.2) is 61.1 Å². The number of hydrogen-bond donors (Lipinski definition) is 2. The smallest absolute Gasteiger partial charge is 0.221 e. The summed E-state index contributed by atoms with van der Waals surface area (Å²) in [4.78, 5) is 14.4. The van der Waals surface area contributed by atoms with Gasteiger partial charge in [0.05, 0.1) is 0 Å². The van der Waals surface area contributed by atoms with Crippen molar-refractivity contribution in [1.82, 2.24) is 15.5 Å². The van der Waals surface area contributed by atoms with Crippen molar-refractivity contribution in [1.29, 1.82) is 0 Å². The van der Waals surface area contributed by atoms with Gasteiger partial charge in [-0.1, -0.05) is 6.92 Å². The lowest BCUT2D eigenvalue weighted by molar-refractivity contribution is -0.121. The molecule has 2 N–H and O–H groups in total. The molecule has 0 spiro atoms. The van der Waals surface area contributed by atoms with Crippen LogP contribution in [0.3, 0.4) is 0 Å². The molecule has 1 amide bonds. The van der Waals surface area contributed by atoms with Crippen molar-refractivity contribution in [2.45, 2.75) is 38.6 Å². The highest BCUT2D eigenvalue weighted by molar-refractivity contribution is 7.99. The molecule has 4 nitrogen and oxygen atoms in total. The minimum absolute atomic E-state index is 0. The molecule has 22 heavy (non-hydrogen) atoms. The highest BCUT2D eigenvalue weighted by Gasteiger charge is 2.17. The number of likely N-dealkylation sites (tertiary alicyclic amines) is 1. The minimum Gasteiger partial charge on any atom is -0.356 e. The third-order valence-corrected chi connectivity index (χ3v) is 5.41. The van der Waals surface area contributed by atoms with Gasteiger partial charge in [-0.15, -0.1) is 24.8 Å². The topological polar surface area (TPSA) is 44.4 Å². The van der Waals surface area contributed by atoms with E-state index in [9.17, 15) is 4.79 Å². The highest BCUT2D eigenvalue weighted by Crippen LogP contribution is 2.15. The zero-order valence-electron chi connectivity index (χ0n) is 13.5.